The van der Waals surface area contributed by atoms with Crippen molar-refractivity contribution in [2.24, 2.45) is 0 Å². The van der Waals surface area contributed by atoms with Gasteiger partial charge in [0, 0.05) is 26.1 Å². The summed E-state index contributed by atoms with van der Waals surface area (Å²) < 4.78 is 41.4. The van der Waals surface area contributed by atoms with Crippen LogP contribution in [0.2, 0.25) is 0 Å². The van der Waals surface area contributed by atoms with Crippen molar-refractivity contribution in [1.29, 1.82) is 0 Å². The van der Waals surface area contributed by atoms with Crippen LogP contribution < -0.4 is 0 Å². The van der Waals surface area contributed by atoms with Gasteiger partial charge in [0.25, 0.3) is 5.89 Å². The second-order valence-electron chi connectivity index (χ2n) is 5.29. The molecule has 0 saturated carbocycles. The molecule has 124 valence electrons. The number of halogens is 3. The van der Waals surface area contributed by atoms with Gasteiger partial charge in [-0.2, -0.15) is 18.2 Å². The topological polar surface area (TPSA) is 59.2 Å². The van der Waals surface area contributed by atoms with E-state index < -0.39 is 12.6 Å². The minimum Gasteiger partial charge on any atom is -0.349 e. The first-order valence-corrected chi connectivity index (χ1v) is 6.93. The maximum absolute atomic E-state index is 12.2. The van der Waals surface area contributed by atoms with Crippen LogP contribution in [0.1, 0.15) is 17.8 Å². The van der Waals surface area contributed by atoms with Crippen molar-refractivity contribution in [2.45, 2.75) is 25.4 Å². The Morgan fingerprint density at radius 1 is 1.22 bits per heavy atom. The predicted octanol–water partition coefficient (Wildman–Crippen LogP) is 2.86. The summed E-state index contributed by atoms with van der Waals surface area (Å²) in [5, 5.41) is 3.54. The number of aromatic nitrogens is 2. The van der Waals surface area contributed by atoms with Gasteiger partial charge in [-0.15, -0.1) is 0 Å². The molecule has 8 heteroatoms. The number of nitrogens with zero attached hydrogens (tertiary/aromatic N) is 3. The Bertz CT molecular complexity index is 663. The molecule has 1 heterocycles. The van der Waals surface area contributed by atoms with E-state index in [2.05, 4.69) is 10.1 Å². The summed E-state index contributed by atoms with van der Waals surface area (Å²) in [6, 6.07) is 6.88. The maximum Gasteiger partial charge on any atom is 0.389 e. The Morgan fingerprint density at radius 2 is 1.87 bits per heavy atom. The van der Waals surface area contributed by atoms with E-state index in [9.17, 15) is 18.0 Å². The van der Waals surface area contributed by atoms with Gasteiger partial charge in [-0.1, -0.05) is 17.3 Å². The van der Waals surface area contributed by atoms with E-state index in [1.165, 1.54) is 4.90 Å². The summed E-state index contributed by atoms with van der Waals surface area (Å²) in [6.07, 6.45) is -5.28. The van der Waals surface area contributed by atoms with Gasteiger partial charge in [-0.05, 0) is 17.7 Å². The number of benzene rings is 1. The Morgan fingerprint density at radius 3 is 2.43 bits per heavy atom. The summed E-state index contributed by atoms with van der Waals surface area (Å²) in [5.41, 5.74) is 1.42. The lowest BCUT2D eigenvalue weighted by Crippen LogP contribution is -2.23. The fourth-order valence-electron chi connectivity index (χ4n) is 1.82. The average Bonchev–Trinajstić information content (AvgIpc) is 2.94. The second kappa shape index (κ2) is 6.80. The van der Waals surface area contributed by atoms with Gasteiger partial charge in [0.1, 0.15) is 0 Å². The van der Waals surface area contributed by atoms with Crippen LogP contribution in [-0.4, -0.2) is 41.2 Å². The van der Waals surface area contributed by atoms with Gasteiger partial charge >= 0.3 is 6.18 Å². The largest absolute Gasteiger partial charge is 0.389 e. The molecule has 0 unspecified atom stereocenters. The molecule has 0 aliphatic rings. The summed E-state index contributed by atoms with van der Waals surface area (Å²) in [5.74, 6) is 0.154. The fourth-order valence-corrected chi connectivity index (χ4v) is 1.82. The number of carbonyl (C=O) groups excluding carboxylic acids is 1. The van der Waals surface area contributed by atoms with Crippen molar-refractivity contribution in [3.8, 4) is 11.5 Å². The van der Waals surface area contributed by atoms with Crippen LogP contribution in [0.3, 0.4) is 0 Å². The van der Waals surface area contributed by atoms with Gasteiger partial charge in [-0.3, -0.25) is 4.79 Å². The van der Waals surface area contributed by atoms with Crippen molar-refractivity contribution < 1.29 is 22.5 Å². The van der Waals surface area contributed by atoms with E-state index >= 15 is 0 Å². The summed E-state index contributed by atoms with van der Waals surface area (Å²) in [4.78, 5) is 17.1. The third-order valence-electron chi connectivity index (χ3n) is 3.16. The SMILES string of the molecule is CN(C)C(=O)Cc1ccc(-c2nc(CCC(F)(F)F)no2)cc1. The van der Waals surface area contributed by atoms with Crippen LogP contribution in [0.15, 0.2) is 28.8 Å². The average molecular weight is 327 g/mol. The number of alkyl halides is 3. The molecule has 0 radical (unpaired) electrons. The van der Waals surface area contributed by atoms with E-state index in [0.717, 1.165) is 5.56 Å². The summed E-state index contributed by atoms with van der Waals surface area (Å²) in [7, 11) is 3.36. The standard InChI is InChI=1S/C15H16F3N3O2/c1-21(2)13(22)9-10-3-5-11(6-4-10)14-19-12(20-23-14)7-8-15(16,17)18/h3-6H,7-9H2,1-2H3. The summed E-state index contributed by atoms with van der Waals surface area (Å²) in [6.45, 7) is 0. The monoisotopic (exact) mass is 327 g/mol. The molecule has 5 nitrogen and oxygen atoms in total. The number of carbonyl (C=O) groups is 1. The van der Waals surface area contributed by atoms with E-state index in [-0.39, 0.29) is 30.5 Å². The zero-order valence-electron chi connectivity index (χ0n) is 12.7. The Kier molecular flexibility index (Phi) is 5.02. The zero-order chi connectivity index (χ0) is 17.0. The maximum atomic E-state index is 12.2. The third kappa shape index (κ3) is 5.08. The number of hydrogen-bond acceptors (Lipinski definition) is 4. The molecule has 0 fully saturated rings. The lowest BCUT2D eigenvalue weighted by molar-refractivity contribution is -0.134. The molecule has 0 aliphatic heterocycles. The lowest BCUT2D eigenvalue weighted by Gasteiger charge is -2.09. The highest BCUT2D eigenvalue weighted by Gasteiger charge is 2.27. The van der Waals surface area contributed by atoms with E-state index in [1.54, 1.807) is 38.4 Å². The van der Waals surface area contributed by atoms with Crippen molar-refractivity contribution in [3.63, 3.8) is 0 Å². The molecule has 2 aromatic rings. The highest BCUT2D eigenvalue weighted by molar-refractivity contribution is 5.78. The van der Waals surface area contributed by atoms with Crippen LogP contribution >= 0.6 is 0 Å². The number of aryl methyl sites for hydroxylation is 1. The highest BCUT2D eigenvalue weighted by atomic mass is 19.4. The molecule has 0 aliphatic carbocycles. The number of likely N-dealkylation sites (N-methyl/N-ethyl adjacent to an activating group) is 1. The quantitative estimate of drug-likeness (QED) is 0.847. The smallest absolute Gasteiger partial charge is 0.349 e. The van der Waals surface area contributed by atoms with E-state index in [4.69, 9.17) is 4.52 Å². The third-order valence-corrected chi connectivity index (χ3v) is 3.16. The fraction of sp³-hybridized carbons (Fsp3) is 0.400. The Balaban J connectivity index is 2.02. The molecule has 1 amide bonds. The van der Waals surface area contributed by atoms with Crippen molar-refractivity contribution in [3.05, 3.63) is 35.7 Å². The summed E-state index contributed by atoms with van der Waals surface area (Å²) >= 11 is 0. The molecule has 1 aromatic heterocycles. The number of rotatable bonds is 5. The molecule has 23 heavy (non-hydrogen) atoms. The lowest BCUT2D eigenvalue weighted by atomic mass is 10.1. The van der Waals surface area contributed by atoms with Gasteiger partial charge in [0.05, 0.1) is 12.8 Å². The van der Waals surface area contributed by atoms with Gasteiger partial charge < -0.3 is 9.42 Å². The number of hydrogen-bond donors (Lipinski definition) is 0. The zero-order valence-corrected chi connectivity index (χ0v) is 12.7. The molecule has 0 spiro atoms. The first kappa shape index (κ1) is 17.0. The minimum atomic E-state index is -4.25. The molecule has 0 bridgehead atoms. The predicted molar refractivity (Wildman–Crippen MR) is 76.5 cm³/mol. The van der Waals surface area contributed by atoms with Crippen LogP contribution in [0.5, 0.6) is 0 Å². The molecule has 0 atom stereocenters. The highest BCUT2D eigenvalue weighted by Crippen LogP contribution is 2.23. The minimum absolute atomic E-state index is 0.0178. The Labute approximate surface area is 131 Å². The van der Waals surface area contributed by atoms with Gasteiger partial charge in [-0.25, -0.2) is 0 Å². The first-order valence-electron chi connectivity index (χ1n) is 6.93. The normalized spacial score (nSPS) is 11.5. The molecule has 2 rings (SSSR count). The van der Waals surface area contributed by atoms with E-state index in [0.29, 0.717) is 5.56 Å². The molecule has 1 aromatic carbocycles. The van der Waals surface area contributed by atoms with Crippen molar-refractivity contribution >= 4 is 5.91 Å². The molecular weight excluding hydrogens is 311 g/mol. The molecule has 0 saturated heterocycles. The van der Waals surface area contributed by atoms with Crippen LogP contribution in [0.25, 0.3) is 11.5 Å². The van der Waals surface area contributed by atoms with Crippen LogP contribution in [0.4, 0.5) is 13.2 Å². The van der Waals surface area contributed by atoms with E-state index in [1.807, 2.05) is 0 Å². The van der Waals surface area contributed by atoms with Gasteiger partial charge in [0.15, 0.2) is 5.82 Å². The molecule has 0 N–H and O–H groups in total. The van der Waals surface area contributed by atoms with Crippen LogP contribution in [0, 0.1) is 0 Å². The van der Waals surface area contributed by atoms with Crippen molar-refractivity contribution in [2.75, 3.05) is 14.1 Å². The molecular formula is C15H16F3N3O2. The van der Waals surface area contributed by atoms with Crippen molar-refractivity contribution in [1.82, 2.24) is 15.0 Å². The van der Waals surface area contributed by atoms with Crippen LogP contribution in [-0.2, 0) is 17.6 Å². The first-order chi connectivity index (χ1) is 10.7. The number of amides is 1. The van der Waals surface area contributed by atoms with Gasteiger partial charge in [0.2, 0.25) is 5.91 Å². The second-order valence-corrected chi connectivity index (χ2v) is 5.29. The Hall–Kier alpha value is -2.38.